The summed E-state index contributed by atoms with van der Waals surface area (Å²) in [5, 5.41) is 9.85. The molecule has 0 aliphatic heterocycles. The maximum Gasteiger partial charge on any atom is 0.262 e. The van der Waals surface area contributed by atoms with E-state index < -0.39 is 23.3 Å². The van der Waals surface area contributed by atoms with Crippen molar-refractivity contribution < 1.29 is 9.50 Å². The van der Waals surface area contributed by atoms with Crippen molar-refractivity contribution >= 4 is 0 Å². The number of halogens is 1. The van der Waals surface area contributed by atoms with Crippen molar-refractivity contribution in [1.82, 2.24) is 9.97 Å². The molecule has 0 bridgehead atoms. The van der Waals surface area contributed by atoms with Crippen LogP contribution < -0.4 is 11.3 Å². The van der Waals surface area contributed by atoms with Crippen LogP contribution in [0.15, 0.2) is 29.1 Å². The van der Waals surface area contributed by atoms with Crippen molar-refractivity contribution in [3.8, 4) is 17.0 Å². The third kappa shape index (κ3) is 2.63. The molecular weight excluding hydrogens is 249 g/mol. The number of nitrogens with zero attached hydrogens (tertiary/aromatic N) is 1. The van der Waals surface area contributed by atoms with Crippen molar-refractivity contribution in [1.29, 1.82) is 0 Å². The zero-order valence-corrected chi connectivity index (χ0v) is 10.4. The summed E-state index contributed by atoms with van der Waals surface area (Å²) >= 11 is 0. The molecule has 100 valence electrons. The topological polar surface area (TPSA) is 92.0 Å². The Morgan fingerprint density at radius 2 is 2.26 bits per heavy atom. The predicted octanol–water partition coefficient (Wildman–Crippen LogP) is 1.69. The number of aromatic hydroxyl groups is 1. The van der Waals surface area contributed by atoms with Crippen LogP contribution in [-0.2, 0) is 0 Å². The van der Waals surface area contributed by atoms with E-state index in [9.17, 15) is 14.3 Å². The minimum atomic E-state index is -0.544. The number of aromatic amines is 1. The number of aromatic nitrogens is 2. The van der Waals surface area contributed by atoms with Crippen LogP contribution in [0.3, 0.4) is 0 Å². The molecule has 1 aromatic heterocycles. The lowest BCUT2D eigenvalue weighted by Gasteiger charge is -2.10. The molecule has 0 amide bonds. The molecule has 2 aromatic rings. The molecule has 0 saturated carbocycles. The van der Waals surface area contributed by atoms with Gasteiger partial charge in [-0.05, 0) is 24.1 Å². The SMILES string of the molecule is CCC(N)c1nc(O)c(-c2cccc(F)c2)c(=O)[nH]1. The first-order valence-corrected chi connectivity index (χ1v) is 5.87. The van der Waals surface area contributed by atoms with Gasteiger partial charge in [-0.3, -0.25) is 4.79 Å². The molecule has 5 nitrogen and oxygen atoms in total. The number of nitrogens with one attached hydrogen (secondary N) is 1. The van der Waals surface area contributed by atoms with Gasteiger partial charge in [0.1, 0.15) is 17.2 Å². The molecule has 1 atom stereocenters. The van der Waals surface area contributed by atoms with Crippen LogP contribution >= 0.6 is 0 Å². The molecule has 0 radical (unpaired) electrons. The van der Waals surface area contributed by atoms with Gasteiger partial charge in [0.05, 0.1) is 6.04 Å². The fraction of sp³-hybridized carbons (Fsp3) is 0.231. The van der Waals surface area contributed by atoms with Gasteiger partial charge in [-0.1, -0.05) is 19.1 Å². The van der Waals surface area contributed by atoms with E-state index in [-0.39, 0.29) is 17.0 Å². The molecule has 19 heavy (non-hydrogen) atoms. The number of hydrogen-bond acceptors (Lipinski definition) is 4. The summed E-state index contributed by atoms with van der Waals surface area (Å²) in [6, 6.07) is 4.93. The van der Waals surface area contributed by atoms with E-state index in [1.54, 1.807) is 0 Å². The highest BCUT2D eigenvalue weighted by Gasteiger charge is 2.15. The monoisotopic (exact) mass is 263 g/mol. The third-order valence-corrected chi connectivity index (χ3v) is 2.82. The smallest absolute Gasteiger partial charge is 0.262 e. The van der Waals surface area contributed by atoms with Crippen molar-refractivity contribution in [3.05, 3.63) is 46.3 Å². The van der Waals surface area contributed by atoms with Gasteiger partial charge in [0.2, 0.25) is 5.88 Å². The van der Waals surface area contributed by atoms with E-state index in [1.807, 2.05) is 6.92 Å². The van der Waals surface area contributed by atoms with Crippen LogP contribution in [-0.4, -0.2) is 15.1 Å². The molecule has 2 rings (SSSR count). The van der Waals surface area contributed by atoms with Gasteiger partial charge < -0.3 is 15.8 Å². The molecule has 0 spiro atoms. The Labute approximate surface area is 108 Å². The van der Waals surface area contributed by atoms with E-state index in [2.05, 4.69) is 9.97 Å². The first kappa shape index (κ1) is 13.2. The summed E-state index contributed by atoms with van der Waals surface area (Å²) in [5.74, 6) is -0.732. The minimum absolute atomic E-state index is 0.0634. The average molecular weight is 263 g/mol. The Balaban J connectivity index is 2.57. The number of hydrogen-bond donors (Lipinski definition) is 3. The largest absolute Gasteiger partial charge is 0.493 e. The van der Waals surface area contributed by atoms with E-state index in [0.717, 1.165) is 6.07 Å². The number of H-pyrrole nitrogens is 1. The molecule has 1 aromatic carbocycles. The predicted molar refractivity (Wildman–Crippen MR) is 69.1 cm³/mol. The van der Waals surface area contributed by atoms with Crippen molar-refractivity contribution in [3.63, 3.8) is 0 Å². The molecule has 6 heteroatoms. The van der Waals surface area contributed by atoms with E-state index in [4.69, 9.17) is 5.73 Å². The van der Waals surface area contributed by atoms with Crippen LogP contribution in [0.5, 0.6) is 5.88 Å². The van der Waals surface area contributed by atoms with Gasteiger partial charge in [0.15, 0.2) is 0 Å². The summed E-state index contributed by atoms with van der Waals surface area (Å²) in [6.07, 6.45) is 0.571. The second-order valence-electron chi connectivity index (χ2n) is 4.17. The highest BCUT2D eigenvalue weighted by Crippen LogP contribution is 2.24. The number of benzene rings is 1. The maximum atomic E-state index is 13.1. The van der Waals surface area contributed by atoms with Crippen molar-refractivity contribution in [2.75, 3.05) is 0 Å². The molecule has 1 unspecified atom stereocenters. The van der Waals surface area contributed by atoms with Gasteiger partial charge >= 0.3 is 0 Å². The molecule has 0 fully saturated rings. The Kier molecular flexibility index (Phi) is 3.62. The lowest BCUT2D eigenvalue weighted by Crippen LogP contribution is -2.20. The van der Waals surface area contributed by atoms with Crippen molar-refractivity contribution in [2.45, 2.75) is 19.4 Å². The zero-order valence-electron chi connectivity index (χ0n) is 10.4. The molecule has 1 heterocycles. The highest BCUT2D eigenvalue weighted by atomic mass is 19.1. The Morgan fingerprint density at radius 1 is 1.53 bits per heavy atom. The van der Waals surface area contributed by atoms with Gasteiger partial charge in [0, 0.05) is 0 Å². The molecule has 0 aliphatic rings. The van der Waals surface area contributed by atoms with Gasteiger partial charge in [-0.25, -0.2) is 4.39 Å². The summed E-state index contributed by atoms with van der Waals surface area (Å²) in [4.78, 5) is 18.3. The second-order valence-corrected chi connectivity index (χ2v) is 4.17. The summed E-state index contributed by atoms with van der Waals surface area (Å²) in [5.41, 5.74) is 5.40. The van der Waals surface area contributed by atoms with E-state index in [1.165, 1.54) is 18.2 Å². The van der Waals surface area contributed by atoms with Crippen LogP contribution in [0.2, 0.25) is 0 Å². The molecule has 4 N–H and O–H groups in total. The van der Waals surface area contributed by atoms with E-state index in [0.29, 0.717) is 6.42 Å². The molecular formula is C13H14FN3O2. The lowest BCUT2D eigenvalue weighted by atomic mass is 10.1. The van der Waals surface area contributed by atoms with E-state index >= 15 is 0 Å². The Bertz CT molecular complexity index is 655. The van der Waals surface area contributed by atoms with Crippen LogP contribution in [0, 0.1) is 5.82 Å². The fourth-order valence-electron chi connectivity index (χ4n) is 1.75. The standard InChI is InChI=1S/C13H14FN3O2/c1-2-9(15)11-16-12(18)10(13(19)17-11)7-4-3-5-8(14)6-7/h3-6,9H,2,15H2,1H3,(H2,16,17,18,19). The fourth-order valence-corrected chi connectivity index (χ4v) is 1.75. The first-order valence-electron chi connectivity index (χ1n) is 5.87. The summed E-state index contributed by atoms with van der Waals surface area (Å²) in [7, 11) is 0. The molecule has 0 saturated heterocycles. The maximum absolute atomic E-state index is 13.1. The normalized spacial score (nSPS) is 12.4. The quantitative estimate of drug-likeness (QED) is 0.785. The highest BCUT2D eigenvalue weighted by molar-refractivity contribution is 5.67. The molecule has 0 aliphatic carbocycles. The van der Waals surface area contributed by atoms with Gasteiger partial charge in [-0.15, -0.1) is 0 Å². The lowest BCUT2D eigenvalue weighted by molar-refractivity contribution is 0.446. The minimum Gasteiger partial charge on any atom is -0.493 e. The van der Waals surface area contributed by atoms with Crippen molar-refractivity contribution in [2.24, 2.45) is 5.73 Å². The summed E-state index contributed by atoms with van der Waals surface area (Å²) < 4.78 is 13.1. The first-order chi connectivity index (χ1) is 9.02. The zero-order chi connectivity index (χ0) is 14.0. The third-order valence-electron chi connectivity index (χ3n) is 2.82. The Morgan fingerprint density at radius 3 is 2.84 bits per heavy atom. The number of nitrogens with two attached hydrogens (primary N) is 1. The average Bonchev–Trinajstić information content (AvgIpc) is 2.37. The second kappa shape index (κ2) is 5.19. The van der Waals surface area contributed by atoms with Gasteiger partial charge in [0.25, 0.3) is 5.56 Å². The number of rotatable bonds is 3. The van der Waals surface area contributed by atoms with Gasteiger partial charge in [-0.2, -0.15) is 4.98 Å². The van der Waals surface area contributed by atoms with Crippen LogP contribution in [0.4, 0.5) is 4.39 Å². The van der Waals surface area contributed by atoms with Crippen LogP contribution in [0.1, 0.15) is 25.2 Å². The summed E-state index contributed by atoms with van der Waals surface area (Å²) in [6.45, 7) is 1.84. The Hall–Kier alpha value is -2.21. The van der Waals surface area contributed by atoms with Crippen LogP contribution in [0.25, 0.3) is 11.1 Å².